The first-order chi connectivity index (χ1) is 7.16. The molecule has 2 atom stereocenters. The zero-order valence-corrected chi connectivity index (χ0v) is 11.0. The molecule has 0 bridgehead atoms. The van der Waals surface area contributed by atoms with E-state index >= 15 is 0 Å². The molecule has 0 aliphatic rings. The van der Waals surface area contributed by atoms with Gasteiger partial charge in [-0.3, -0.25) is 0 Å². The molecule has 0 spiro atoms. The van der Waals surface area contributed by atoms with Crippen LogP contribution in [0, 0.1) is 3.57 Å². The molecule has 3 heteroatoms. The fraction of sp³-hybridized carbons (Fsp3) is 0.500. The van der Waals surface area contributed by atoms with Gasteiger partial charge in [0, 0.05) is 3.57 Å². The summed E-state index contributed by atoms with van der Waals surface area (Å²) in [5.41, 5.74) is 0.821. The lowest BCUT2D eigenvalue weighted by Crippen LogP contribution is -2.18. The number of rotatable bonds is 5. The largest absolute Gasteiger partial charge is 0.390 e. The summed E-state index contributed by atoms with van der Waals surface area (Å²) in [5, 5.41) is 19.7. The van der Waals surface area contributed by atoms with Crippen LogP contribution in [0.25, 0.3) is 0 Å². The first-order valence-electron chi connectivity index (χ1n) is 5.27. The van der Waals surface area contributed by atoms with Gasteiger partial charge in [-0.2, -0.15) is 0 Å². The highest BCUT2D eigenvalue weighted by molar-refractivity contribution is 14.1. The van der Waals surface area contributed by atoms with Crippen LogP contribution in [0.2, 0.25) is 0 Å². The zero-order chi connectivity index (χ0) is 11.3. The van der Waals surface area contributed by atoms with E-state index in [4.69, 9.17) is 0 Å². The maximum absolute atomic E-state index is 9.94. The molecule has 1 rings (SSSR count). The van der Waals surface area contributed by atoms with Gasteiger partial charge in [0.05, 0.1) is 6.10 Å². The van der Waals surface area contributed by atoms with Crippen molar-refractivity contribution in [2.45, 2.75) is 38.4 Å². The minimum Gasteiger partial charge on any atom is -0.390 e. The van der Waals surface area contributed by atoms with Gasteiger partial charge in [0.15, 0.2) is 0 Å². The molecule has 1 aromatic carbocycles. The number of aliphatic hydroxyl groups is 2. The molecule has 0 saturated heterocycles. The van der Waals surface area contributed by atoms with Crippen LogP contribution in [0.1, 0.15) is 37.9 Å². The zero-order valence-electron chi connectivity index (χ0n) is 8.86. The predicted octanol–water partition coefficient (Wildman–Crippen LogP) is 2.88. The van der Waals surface area contributed by atoms with E-state index < -0.39 is 12.2 Å². The van der Waals surface area contributed by atoms with Crippen LogP contribution in [0.4, 0.5) is 0 Å². The number of hydrogen-bond acceptors (Lipinski definition) is 2. The van der Waals surface area contributed by atoms with Crippen molar-refractivity contribution in [2.75, 3.05) is 0 Å². The molecule has 0 aromatic heterocycles. The summed E-state index contributed by atoms with van der Waals surface area (Å²) >= 11 is 2.18. The molecule has 0 saturated carbocycles. The summed E-state index contributed by atoms with van der Waals surface area (Å²) in [5.74, 6) is 0. The number of unbranched alkanes of at least 4 members (excludes halogenated alkanes) is 1. The van der Waals surface area contributed by atoms with Gasteiger partial charge in [0.2, 0.25) is 0 Å². The smallest absolute Gasteiger partial charge is 0.106 e. The third-order valence-corrected chi connectivity index (χ3v) is 3.42. The van der Waals surface area contributed by atoms with Crippen LogP contribution in [0.5, 0.6) is 0 Å². The molecule has 0 aliphatic heterocycles. The van der Waals surface area contributed by atoms with Crippen molar-refractivity contribution < 1.29 is 10.2 Å². The normalized spacial score (nSPS) is 14.9. The summed E-state index contributed by atoms with van der Waals surface area (Å²) < 4.78 is 0.998. The molecule has 2 nitrogen and oxygen atoms in total. The summed E-state index contributed by atoms with van der Waals surface area (Å²) in [6.45, 7) is 2.07. The van der Waals surface area contributed by atoms with Gasteiger partial charge >= 0.3 is 0 Å². The molecule has 84 valence electrons. The van der Waals surface area contributed by atoms with E-state index in [1.807, 2.05) is 24.3 Å². The van der Waals surface area contributed by atoms with E-state index in [0.29, 0.717) is 6.42 Å². The second-order valence-electron chi connectivity index (χ2n) is 3.68. The molecule has 0 heterocycles. The van der Waals surface area contributed by atoms with Crippen LogP contribution < -0.4 is 0 Å². The molecular formula is C12H17IO2. The second kappa shape index (κ2) is 6.45. The Hall–Kier alpha value is -0.130. The molecular weight excluding hydrogens is 303 g/mol. The van der Waals surface area contributed by atoms with E-state index in [1.54, 1.807) is 0 Å². The van der Waals surface area contributed by atoms with Crippen molar-refractivity contribution >= 4 is 22.6 Å². The third-order valence-electron chi connectivity index (χ3n) is 2.44. The van der Waals surface area contributed by atoms with Gasteiger partial charge in [0.25, 0.3) is 0 Å². The lowest BCUT2D eigenvalue weighted by Gasteiger charge is -2.18. The van der Waals surface area contributed by atoms with E-state index in [-0.39, 0.29) is 0 Å². The molecule has 0 amide bonds. The average Bonchev–Trinajstić information content (AvgIpc) is 2.25. The van der Waals surface area contributed by atoms with Gasteiger partial charge in [-0.05, 0) is 40.6 Å². The number of halogens is 1. The Labute approximate surface area is 104 Å². The minimum atomic E-state index is -0.760. The summed E-state index contributed by atoms with van der Waals surface area (Å²) in [6, 6.07) is 7.61. The lowest BCUT2D eigenvalue weighted by atomic mass is 10.0. The fourth-order valence-electron chi connectivity index (χ4n) is 1.49. The summed E-state index contributed by atoms with van der Waals surface area (Å²) in [7, 11) is 0. The first-order valence-corrected chi connectivity index (χ1v) is 6.35. The maximum Gasteiger partial charge on any atom is 0.106 e. The Kier molecular flexibility index (Phi) is 5.56. The van der Waals surface area contributed by atoms with Crippen molar-refractivity contribution in [1.82, 2.24) is 0 Å². The van der Waals surface area contributed by atoms with Gasteiger partial charge in [0.1, 0.15) is 6.10 Å². The fourth-order valence-corrected chi connectivity index (χ4v) is 2.20. The van der Waals surface area contributed by atoms with Crippen LogP contribution in [-0.4, -0.2) is 16.3 Å². The van der Waals surface area contributed by atoms with Crippen molar-refractivity contribution in [3.05, 3.63) is 33.4 Å². The van der Waals surface area contributed by atoms with Crippen LogP contribution >= 0.6 is 22.6 Å². The van der Waals surface area contributed by atoms with E-state index in [0.717, 1.165) is 22.0 Å². The Morgan fingerprint density at radius 1 is 1.27 bits per heavy atom. The topological polar surface area (TPSA) is 40.5 Å². The lowest BCUT2D eigenvalue weighted by molar-refractivity contribution is 0.0118. The van der Waals surface area contributed by atoms with Crippen molar-refractivity contribution in [3.8, 4) is 0 Å². The molecule has 2 N–H and O–H groups in total. The Morgan fingerprint density at radius 3 is 2.53 bits per heavy atom. The highest BCUT2D eigenvalue weighted by atomic mass is 127. The molecule has 15 heavy (non-hydrogen) atoms. The summed E-state index contributed by atoms with van der Waals surface area (Å²) in [4.78, 5) is 0. The Bertz CT molecular complexity index is 301. The average molecular weight is 320 g/mol. The summed E-state index contributed by atoms with van der Waals surface area (Å²) in [6.07, 6.45) is 1.23. The monoisotopic (exact) mass is 320 g/mol. The SMILES string of the molecule is CCCC[C@@H](O)[C@H](O)c1ccccc1I. The molecule has 0 aliphatic carbocycles. The Morgan fingerprint density at radius 2 is 1.93 bits per heavy atom. The predicted molar refractivity (Wildman–Crippen MR) is 69.7 cm³/mol. The van der Waals surface area contributed by atoms with Crippen LogP contribution in [0.3, 0.4) is 0 Å². The number of hydrogen-bond donors (Lipinski definition) is 2. The van der Waals surface area contributed by atoms with Crippen LogP contribution in [-0.2, 0) is 0 Å². The van der Waals surface area contributed by atoms with Gasteiger partial charge in [-0.15, -0.1) is 0 Å². The van der Waals surface area contributed by atoms with Crippen LogP contribution in [0.15, 0.2) is 24.3 Å². The van der Waals surface area contributed by atoms with E-state index in [2.05, 4.69) is 29.5 Å². The highest BCUT2D eigenvalue weighted by Gasteiger charge is 2.19. The van der Waals surface area contributed by atoms with E-state index in [9.17, 15) is 10.2 Å². The van der Waals surface area contributed by atoms with Gasteiger partial charge in [-0.25, -0.2) is 0 Å². The number of aliphatic hydroxyl groups excluding tert-OH is 2. The minimum absolute atomic E-state index is 0.652. The Balaban J connectivity index is 2.67. The molecule has 0 radical (unpaired) electrons. The second-order valence-corrected chi connectivity index (χ2v) is 4.84. The first kappa shape index (κ1) is 12.9. The molecule has 0 fully saturated rings. The third kappa shape index (κ3) is 3.74. The van der Waals surface area contributed by atoms with Crippen molar-refractivity contribution in [2.24, 2.45) is 0 Å². The molecule has 1 aromatic rings. The van der Waals surface area contributed by atoms with Crippen molar-refractivity contribution in [1.29, 1.82) is 0 Å². The van der Waals surface area contributed by atoms with E-state index in [1.165, 1.54) is 0 Å². The van der Waals surface area contributed by atoms with Crippen molar-refractivity contribution in [3.63, 3.8) is 0 Å². The highest BCUT2D eigenvalue weighted by Crippen LogP contribution is 2.24. The maximum atomic E-state index is 9.94. The molecule has 0 unspecified atom stereocenters. The quantitative estimate of drug-likeness (QED) is 0.819. The number of benzene rings is 1. The van der Waals surface area contributed by atoms with Gasteiger partial charge < -0.3 is 10.2 Å². The standard InChI is InChI=1S/C12H17IO2/c1-2-3-8-11(14)12(15)9-6-4-5-7-10(9)13/h4-7,11-12,14-15H,2-3,8H2,1H3/t11-,12-/m1/s1. The van der Waals surface area contributed by atoms with Gasteiger partial charge in [-0.1, -0.05) is 38.0 Å².